The molecule has 4 nitrogen and oxygen atoms in total. The van der Waals surface area contributed by atoms with Crippen molar-refractivity contribution in [3.05, 3.63) is 75.8 Å². The zero-order valence-electron chi connectivity index (χ0n) is 15.3. The number of nitrogens with zero attached hydrogens (tertiary/aromatic N) is 2. The SMILES string of the molecule is Cc1cccc(Cn2nc(C)c(NC(=S)Nc3ccc(F)c(Cl)c3)c2C)c1. The Bertz CT molecular complexity index is 1000. The minimum Gasteiger partial charge on any atom is -0.332 e. The Morgan fingerprint density at radius 2 is 1.93 bits per heavy atom. The highest BCUT2D eigenvalue weighted by atomic mass is 35.5. The maximum Gasteiger partial charge on any atom is 0.175 e. The number of aryl methyl sites for hydroxylation is 2. The second-order valence-electron chi connectivity index (χ2n) is 6.40. The number of benzene rings is 2. The average Bonchev–Trinajstić information content (AvgIpc) is 2.86. The summed E-state index contributed by atoms with van der Waals surface area (Å²) in [7, 11) is 0. The third-order valence-electron chi connectivity index (χ3n) is 4.21. The third kappa shape index (κ3) is 4.64. The summed E-state index contributed by atoms with van der Waals surface area (Å²) in [5.41, 5.74) is 5.70. The van der Waals surface area contributed by atoms with Gasteiger partial charge in [0, 0.05) is 5.69 Å². The van der Waals surface area contributed by atoms with Gasteiger partial charge in [-0.25, -0.2) is 4.39 Å². The molecule has 27 heavy (non-hydrogen) atoms. The van der Waals surface area contributed by atoms with Crippen molar-refractivity contribution in [2.45, 2.75) is 27.3 Å². The Morgan fingerprint density at radius 3 is 2.63 bits per heavy atom. The summed E-state index contributed by atoms with van der Waals surface area (Å²) in [6.45, 7) is 6.68. The van der Waals surface area contributed by atoms with Gasteiger partial charge in [0.15, 0.2) is 5.11 Å². The highest BCUT2D eigenvalue weighted by Gasteiger charge is 2.13. The molecular formula is C20H20ClFN4S. The molecular weight excluding hydrogens is 383 g/mol. The van der Waals surface area contributed by atoms with Crippen LogP contribution in [0.2, 0.25) is 5.02 Å². The smallest absolute Gasteiger partial charge is 0.175 e. The van der Waals surface area contributed by atoms with E-state index in [2.05, 4.69) is 40.9 Å². The monoisotopic (exact) mass is 402 g/mol. The summed E-state index contributed by atoms with van der Waals surface area (Å²) >= 11 is 11.2. The van der Waals surface area contributed by atoms with Gasteiger partial charge in [-0.3, -0.25) is 4.68 Å². The molecule has 140 valence electrons. The molecule has 0 atom stereocenters. The van der Waals surface area contributed by atoms with E-state index >= 15 is 0 Å². The molecule has 0 fully saturated rings. The molecule has 3 rings (SSSR count). The van der Waals surface area contributed by atoms with E-state index in [1.54, 1.807) is 6.07 Å². The van der Waals surface area contributed by atoms with Gasteiger partial charge >= 0.3 is 0 Å². The lowest BCUT2D eigenvalue weighted by atomic mass is 10.1. The normalized spacial score (nSPS) is 10.7. The Hall–Kier alpha value is -2.44. The van der Waals surface area contributed by atoms with Crippen LogP contribution in [-0.4, -0.2) is 14.9 Å². The standard InChI is InChI=1S/C20H20ClFN4S/c1-12-5-4-6-15(9-12)11-26-14(3)19(13(2)25-26)24-20(27)23-16-7-8-18(22)17(21)10-16/h4-10H,11H2,1-3H3,(H2,23,24,27). The second kappa shape index (κ2) is 8.06. The van der Waals surface area contributed by atoms with Crippen LogP contribution in [-0.2, 0) is 6.54 Å². The molecule has 0 radical (unpaired) electrons. The molecule has 0 saturated carbocycles. The molecule has 0 aliphatic rings. The molecule has 0 aliphatic heterocycles. The van der Waals surface area contributed by atoms with E-state index in [9.17, 15) is 4.39 Å². The van der Waals surface area contributed by atoms with Crippen LogP contribution in [0.5, 0.6) is 0 Å². The average molecular weight is 403 g/mol. The topological polar surface area (TPSA) is 41.9 Å². The molecule has 0 spiro atoms. The fourth-order valence-electron chi connectivity index (χ4n) is 2.86. The first kappa shape index (κ1) is 19.3. The van der Waals surface area contributed by atoms with Gasteiger partial charge in [0.05, 0.1) is 28.6 Å². The number of hydrogen-bond acceptors (Lipinski definition) is 2. The van der Waals surface area contributed by atoms with Gasteiger partial charge in [-0.15, -0.1) is 0 Å². The summed E-state index contributed by atoms with van der Waals surface area (Å²) < 4.78 is 15.2. The molecule has 0 amide bonds. The van der Waals surface area contributed by atoms with E-state index in [4.69, 9.17) is 23.8 Å². The van der Waals surface area contributed by atoms with E-state index in [1.807, 2.05) is 24.6 Å². The van der Waals surface area contributed by atoms with Crippen molar-refractivity contribution >= 4 is 40.3 Å². The highest BCUT2D eigenvalue weighted by Crippen LogP contribution is 2.22. The van der Waals surface area contributed by atoms with Gasteiger partial charge in [0.2, 0.25) is 0 Å². The number of hydrogen-bond donors (Lipinski definition) is 2. The van der Waals surface area contributed by atoms with E-state index in [-0.39, 0.29) is 5.02 Å². The molecule has 7 heteroatoms. The lowest BCUT2D eigenvalue weighted by Crippen LogP contribution is -2.20. The summed E-state index contributed by atoms with van der Waals surface area (Å²) in [6.07, 6.45) is 0. The van der Waals surface area contributed by atoms with E-state index < -0.39 is 5.82 Å². The largest absolute Gasteiger partial charge is 0.332 e. The minimum atomic E-state index is -0.467. The molecule has 1 aromatic heterocycles. The summed E-state index contributed by atoms with van der Waals surface area (Å²) in [6, 6.07) is 12.7. The van der Waals surface area contributed by atoms with Gasteiger partial charge in [-0.05, 0) is 56.8 Å². The van der Waals surface area contributed by atoms with Crippen LogP contribution < -0.4 is 10.6 Å². The fourth-order valence-corrected chi connectivity index (χ4v) is 3.27. The van der Waals surface area contributed by atoms with Crippen LogP contribution >= 0.6 is 23.8 Å². The Labute approximate surface area is 168 Å². The predicted molar refractivity (Wildman–Crippen MR) is 113 cm³/mol. The van der Waals surface area contributed by atoms with Crippen LogP contribution in [0.25, 0.3) is 0 Å². The molecule has 0 unspecified atom stereocenters. The summed E-state index contributed by atoms with van der Waals surface area (Å²) in [4.78, 5) is 0. The van der Waals surface area contributed by atoms with Crippen LogP contribution in [0.1, 0.15) is 22.5 Å². The first-order valence-corrected chi connectivity index (χ1v) is 9.24. The molecule has 0 aliphatic carbocycles. The van der Waals surface area contributed by atoms with Gasteiger partial charge in [0.25, 0.3) is 0 Å². The zero-order chi connectivity index (χ0) is 19.6. The number of halogens is 2. The van der Waals surface area contributed by atoms with Gasteiger partial charge < -0.3 is 10.6 Å². The van der Waals surface area contributed by atoms with Crippen molar-refractivity contribution in [1.29, 1.82) is 0 Å². The van der Waals surface area contributed by atoms with E-state index in [1.165, 1.54) is 23.3 Å². The van der Waals surface area contributed by atoms with E-state index in [0.717, 1.165) is 17.1 Å². The lowest BCUT2D eigenvalue weighted by molar-refractivity contribution is 0.628. The first-order chi connectivity index (χ1) is 12.8. The van der Waals surface area contributed by atoms with Crippen molar-refractivity contribution < 1.29 is 4.39 Å². The fraction of sp³-hybridized carbons (Fsp3) is 0.200. The quantitative estimate of drug-likeness (QED) is 0.569. The first-order valence-electron chi connectivity index (χ1n) is 8.46. The van der Waals surface area contributed by atoms with E-state index in [0.29, 0.717) is 17.3 Å². The van der Waals surface area contributed by atoms with Gasteiger partial charge in [0.1, 0.15) is 5.82 Å². The Kier molecular flexibility index (Phi) is 5.77. The van der Waals surface area contributed by atoms with Crippen molar-refractivity contribution in [1.82, 2.24) is 9.78 Å². The van der Waals surface area contributed by atoms with Crippen LogP contribution in [0.3, 0.4) is 0 Å². The molecule has 2 aromatic carbocycles. The third-order valence-corrected chi connectivity index (χ3v) is 4.71. The van der Waals surface area contributed by atoms with Crippen molar-refractivity contribution in [2.75, 3.05) is 10.6 Å². The van der Waals surface area contributed by atoms with Crippen LogP contribution in [0.4, 0.5) is 15.8 Å². The summed E-state index contributed by atoms with van der Waals surface area (Å²) in [5.74, 6) is -0.467. The minimum absolute atomic E-state index is 0.0427. The lowest BCUT2D eigenvalue weighted by Gasteiger charge is -2.12. The number of anilines is 2. The van der Waals surface area contributed by atoms with Crippen molar-refractivity contribution in [2.24, 2.45) is 0 Å². The second-order valence-corrected chi connectivity index (χ2v) is 7.22. The molecule has 2 N–H and O–H groups in total. The Morgan fingerprint density at radius 1 is 1.15 bits per heavy atom. The number of thiocarbonyl (C=S) groups is 1. The Balaban J connectivity index is 1.74. The highest BCUT2D eigenvalue weighted by molar-refractivity contribution is 7.80. The summed E-state index contributed by atoms with van der Waals surface area (Å²) in [5, 5.41) is 11.2. The van der Waals surface area contributed by atoms with Crippen molar-refractivity contribution in [3.63, 3.8) is 0 Å². The maximum absolute atomic E-state index is 13.3. The zero-order valence-corrected chi connectivity index (χ0v) is 16.9. The molecule has 0 bridgehead atoms. The molecule has 3 aromatic rings. The number of rotatable bonds is 4. The van der Waals surface area contributed by atoms with Crippen LogP contribution in [0, 0.1) is 26.6 Å². The maximum atomic E-state index is 13.3. The van der Waals surface area contributed by atoms with Gasteiger partial charge in [-0.2, -0.15) is 5.10 Å². The van der Waals surface area contributed by atoms with Gasteiger partial charge in [-0.1, -0.05) is 41.4 Å². The molecule has 0 saturated heterocycles. The van der Waals surface area contributed by atoms with Crippen LogP contribution in [0.15, 0.2) is 42.5 Å². The predicted octanol–water partition coefficient (Wildman–Crippen LogP) is 5.46. The number of aromatic nitrogens is 2. The van der Waals surface area contributed by atoms with Crippen molar-refractivity contribution in [3.8, 4) is 0 Å². The molecule has 1 heterocycles. The number of nitrogens with one attached hydrogen (secondary N) is 2.